The molecule has 4 saturated heterocycles. The van der Waals surface area contributed by atoms with Crippen LogP contribution in [0.3, 0.4) is 0 Å². The van der Waals surface area contributed by atoms with Crippen LogP contribution in [-0.2, 0) is 19.2 Å². The van der Waals surface area contributed by atoms with Crippen LogP contribution in [0.25, 0.3) is 0 Å². The molecule has 4 aliphatic rings. The number of hydrogen-bond donors (Lipinski definition) is 0. The molecule has 4 heterocycles. The maximum atomic E-state index is 10.7. The van der Waals surface area contributed by atoms with Gasteiger partial charge in [-0.3, -0.25) is 19.2 Å². The van der Waals surface area contributed by atoms with Crippen LogP contribution in [0.5, 0.6) is 0 Å². The summed E-state index contributed by atoms with van der Waals surface area (Å²) in [6.45, 7) is 17.4. The second-order valence-electron chi connectivity index (χ2n) is 7.49. The Morgan fingerprint density at radius 3 is 0.688 bits per heavy atom. The van der Waals surface area contributed by atoms with E-state index in [2.05, 4.69) is 26.3 Å². The average molecular weight is 445 g/mol. The molecule has 176 valence electrons. The Morgan fingerprint density at radius 1 is 0.438 bits per heavy atom. The van der Waals surface area contributed by atoms with Gasteiger partial charge in [-0.15, -0.1) is 0 Å². The normalized spacial score (nSPS) is 19.5. The standard InChI is InChI=1S/4C6H9NO/c4*1-2-7-5-3-4-6(7)8/h4*2H,1,3-5H2. The SMILES string of the molecule is C=CN1CCCC1=O.C=CN1CCCC1=O.C=CN1CCCC1=O.C=CN1CCCC1=O. The highest BCUT2D eigenvalue weighted by Gasteiger charge is 2.17. The summed E-state index contributed by atoms with van der Waals surface area (Å²) in [5.74, 6) is 0.833. The van der Waals surface area contributed by atoms with E-state index in [-0.39, 0.29) is 23.6 Å². The van der Waals surface area contributed by atoms with Crippen LogP contribution in [0.1, 0.15) is 51.4 Å². The van der Waals surface area contributed by atoms with Crippen molar-refractivity contribution in [2.75, 3.05) is 26.2 Å². The quantitative estimate of drug-likeness (QED) is 0.668. The Morgan fingerprint density at radius 2 is 0.625 bits per heavy atom. The molecule has 0 aliphatic carbocycles. The fraction of sp³-hybridized carbons (Fsp3) is 0.500. The molecule has 32 heavy (non-hydrogen) atoms. The zero-order valence-electron chi connectivity index (χ0n) is 19.0. The van der Waals surface area contributed by atoms with Crippen LogP contribution in [0.4, 0.5) is 0 Å². The first-order valence-electron chi connectivity index (χ1n) is 11.1. The van der Waals surface area contributed by atoms with Gasteiger partial charge in [0, 0.05) is 51.9 Å². The number of nitrogens with zero attached hydrogens (tertiary/aromatic N) is 4. The van der Waals surface area contributed by atoms with E-state index in [0.29, 0.717) is 25.7 Å². The van der Waals surface area contributed by atoms with Gasteiger partial charge in [0.05, 0.1) is 0 Å². The van der Waals surface area contributed by atoms with E-state index in [4.69, 9.17) is 0 Å². The largest absolute Gasteiger partial charge is 0.320 e. The van der Waals surface area contributed by atoms with Gasteiger partial charge in [0.2, 0.25) is 23.6 Å². The van der Waals surface area contributed by atoms with Crippen LogP contribution in [0.15, 0.2) is 51.1 Å². The highest BCUT2D eigenvalue weighted by atomic mass is 16.2. The van der Waals surface area contributed by atoms with Crippen LogP contribution >= 0.6 is 0 Å². The molecule has 0 aromatic carbocycles. The van der Waals surface area contributed by atoms with Crippen molar-refractivity contribution in [3.63, 3.8) is 0 Å². The van der Waals surface area contributed by atoms with Gasteiger partial charge in [-0.25, -0.2) is 0 Å². The Hall–Kier alpha value is -3.16. The molecule has 0 aromatic heterocycles. The first-order valence-corrected chi connectivity index (χ1v) is 11.1. The van der Waals surface area contributed by atoms with Crippen LogP contribution < -0.4 is 0 Å². The molecule has 0 aromatic rings. The topological polar surface area (TPSA) is 81.2 Å². The van der Waals surface area contributed by atoms with Crippen molar-refractivity contribution >= 4 is 23.6 Å². The molecule has 4 aliphatic heterocycles. The molecule has 0 spiro atoms. The van der Waals surface area contributed by atoms with E-state index in [1.165, 1.54) is 0 Å². The van der Waals surface area contributed by atoms with Gasteiger partial charge in [0.1, 0.15) is 0 Å². The predicted octanol–water partition coefficient (Wildman–Crippen LogP) is 3.01. The molecular formula is C24H36N4O4. The first-order chi connectivity index (χ1) is 15.4. The summed E-state index contributed by atoms with van der Waals surface area (Å²) in [6, 6.07) is 0. The average Bonchev–Trinajstić information content (AvgIpc) is 3.58. The predicted molar refractivity (Wildman–Crippen MR) is 125 cm³/mol. The Kier molecular flexibility index (Phi) is 12.4. The number of likely N-dealkylation sites (tertiary alicyclic amines) is 4. The van der Waals surface area contributed by atoms with E-state index in [1.807, 2.05) is 0 Å². The van der Waals surface area contributed by atoms with Crippen molar-refractivity contribution in [3.8, 4) is 0 Å². The maximum absolute atomic E-state index is 10.7. The molecular weight excluding hydrogens is 408 g/mol. The zero-order valence-corrected chi connectivity index (χ0v) is 19.0. The monoisotopic (exact) mass is 444 g/mol. The van der Waals surface area contributed by atoms with Crippen molar-refractivity contribution in [1.82, 2.24) is 19.6 Å². The molecule has 0 bridgehead atoms. The fourth-order valence-corrected chi connectivity index (χ4v) is 3.45. The van der Waals surface area contributed by atoms with Crippen LogP contribution in [0, 0.1) is 0 Å². The van der Waals surface area contributed by atoms with Gasteiger partial charge >= 0.3 is 0 Å². The third kappa shape index (κ3) is 8.91. The van der Waals surface area contributed by atoms with Crippen molar-refractivity contribution < 1.29 is 19.2 Å². The van der Waals surface area contributed by atoms with Gasteiger partial charge in [-0.1, -0.05) is 26.3 Å². The molecule has 0 radical (unpaired) electrons. The molecule has 4 fully saturated rings. The summed E-state index contributed by atoms with van der Waals surface area (Å²) in [6.07, 6.45) is 13.1. The number of rotatable bonds is 4. The maximum Gasteiger partial charge on any atom is 0.226 e. The number of carbonyl (C=O) groups excluding carboxylic acids is 4. The van der Waals surface area contributed by atoms with Gasteiger partial charge in [0.15, 0.2) is 0 Å². The molecule has 4 rings (SSSR count). The Labute approximate surface area is 191 Å². The molecule has 4 amide bonds. The Balaban J connectivity index is 0.000000213. The van der Waals surface area contributed by atoms with Gasteiger partial charge in [-0.2, -0.15) is 0 Å². The van der Waals surface area contributed by atoms with Gasteiger partial charge in [0.25, 0.3) is 0 Å². The van der Waals surface area contributed by atoms with Gasteiger partial charge < -0.3 is 19.6 Å². The van der Waals surface area contributed by atoms with Crippen molar-refractivity contribution in [3.05, 3.63) is 51.1 Å². The third-order valence-electron chi connectivity index (χ3n) is 5.32. The molecule has 8 heteroatoms. The molecule has 8 nitrogen and oxygen atoms in total. The van der Waals surface area contributed by atoms with Crippen molar-refractivity contribution in [1.29, 1.82) is 0 Å². The lowest BCUT2D eigenvalue weighted by Gasteiger charge is -2.05. The van der Waals surface area contributed by atoms with Crippen LogP contribution in [0.2, 0.25) is 0 Å². The number of hydrogen-bond acceptors (Lipinski definition) is 4. The molecule has 0 unspecified atom stereocenters. The summed E-state index contributed by atoms with van der Waals surface area (Å²) >= 11 is 0. The minimum Gasteiger partial charge on any atom is -0.320 e. The van der Waals surface area contributed by atoms with Crippen molar-refractivity contribution in [2.24, 2.45) is 0 Å². The second-order valence-corrected chi connectivity index (χ2v) is 7.49. The van der Waals surface area contributed by atoms with Crippen LogP contribution in [-0.4, -0.2) is 69.4 Å². The van der Waals surface area contributed by atoms with E-state index in [9.17, 15) is 19.2 Å². The summed E-state index contributed by atoms with van der Waals surface area (Å²) in [5.41, 5.74) is 0. The summed E-state index contributed by atoms with van der Waals surface area (Å²) in [5, 5.41) is 0. The van der Waals surface area contributed by atoms with Crippen molar-refractivity contribution in [2.45, 2.75) is 51.4 Å². The van der Waals surface area contributed by atoms with E-state index in [1.54, 1.807) is 44.4 Å². The summed E-state index contributed by atoms with van der Waals surface area (Å²) in [7, 11) is 0. The Bertz CT molecular complexity index is 599. The van der Waals surface area contributed by atoms with Gasteiger partial charge in [-0.05, 0) is 50.5 Å². The molecule has 0 N–H and O–H groups in total. The number of amides is 4. The van der Waals surface area contributed by atoms with E-state index in [0.717, 1.165) is 51.9 Å². The third-order valence-corrected chi connectivity index (χ3v) is 5.32. The summed E-state index contributed by atoms with van der Waals surface area (Å²) < 4.78 is 0. The smallest absolute Gasteiger partial charge is 0.226 e. The minimum absolute atomic E-state index is 0.208. The lowest BCUT2D eigenvalue weighted by Crippen LogP contribution is -2.16. The lowest BCUT2D eigenvalue weighted by molar-refractivity contribution is -0.126. The highest BCUT2D eigenvalue weighted by Crippen LogP contribution is 2.10. The highest BCUT2D eigenvalue weighted by molar-refractivity contribution is 5.80. The fourth-order valence-electron chi connectivity index (χ4n) is 3.45. The zero-order chi connectivity index (χ0) is 23.9. The number of carbonyl (C=O) groups is 4. The summed E-state index contributed by atoms with van der Waals surface area (Å²) in [4.78, 5) is 49.3. The molecule has 0 atom stereocenters. The first kappa shape index (κ1) is 26.9. The van der Waals surface area contributed by atoms with E-state index < -0.39 is 0 Å². The second kappa shape index (κ2) is 14.8. The lowest BCUT2D eigenvalue weighted by atomic mass is 10.4. The molecule has 0 saturated carbocycles. The minimum atomic E-state index is 0.208. The van der Waals surface area contributed by atoms with E-state index >= 15 is 0 Å².